The summed E-state index contributed by atoms with van der Waals surface area (Å²) in [6, 6.07) is 23.3. The van der Waals surface area contributed by atoms with Crippen molar-refractivity contribution in [1.82, 2.24) is 10.2 Å². The number of H-pyrrole nitrogens is 1. The van der Waals surface area contributed by atoms with Gasteiger partial charge in [-0.15, -0.1) is 0 Å². The fourth-order valence-corrected chi connectivity index (χ4v) is 4.73. The van der Waals surface area contributed by atoms with Crippen molar-refractivity contribution in [3.63, 3.8) is 0 Å². The van der Waals surface area contributed by atoms with Gasteiger partial charge in [0.1, 0.15) is 0 Å². The number of allylic oxidation sites excluding steroid dienone is 1. The number of rotatable bonds is 5. The first kappa shape index (κ1) is 19.3. The number of aromatic amines is 1. The van der Waals surface area contributed by atoms with Crippen LogP contribution in [0.4, 0.5) is 0 Å². The lowest BCUT2D eigenvalue weighted by Gasteiger charge is -2.17. The number of hydrogen-bond donors (Lipinski definition) is 2. The molecule has 1 atom stereocenters. The molecule has 0 aliphatic heterocycles. The zero-order chi connectivity index (χ0) is 21.4. The highest BCUT2D eigenvalue weighted by atomic mass is 16.4. The first-order valence-corrected chi connectivity index (χ1v) is 10.7. The number of aliphatic carboxylic acids is 1. The molecule has 1 aliphatic rings. The Kier molecular flexibility index (Phi) is 4.91. The van der Waals surface area contributed by atoms with E-state index in [1.54, 1.807) is 0 Å². The van der Waals surface area contributed by atoms with Gasteiger partial charge < -0.3 is 5.11 Å². The van der Waals surface area contributed by atoms with Crippen molar-refractivity contribution < 1.29 is 9.90 Å². The van der Waals surface area contributed by atoms with Crippen molar-refractivity contribution in [2.75, 3.05) is 0 Å². The van der Waals surface area contributed by atoms with E-state index in [0.717, 1.165) is 39.6 Å². The summed E-state index contributed by atoms with van der Waals surface area (Å²) < 4.78 is 0. The Balaban J connectivity index is 1.71. The maximum Gasteiger partial charge on any atom is 0.307 e. The second kappa shape index (κ2) is 7.88. The Hall–Kier alpha value is -3.66. The molecule has 1 aliphatic carbocycles. The van der Waals surface area contributed by atoms with E-state index in [1.165, 1.54) is 16.7 Å². The molecule has 1 aromatic heterocycles. The van der Waals surface area contributed by atoms with Crippen LogP contribution in [0.1, 0.15) is 41.2 Å². The minimum Gasteiger partial charge on any atom is -0.481 e. The number of fused-ring (bicyclic) bond motifs is 2. The van der Waals surface area contributed by atoms with Gasteiger partial charge in [-0.25, -0.2) is 0 Å². The predicted octanol–water partition coefficient (Wildman–Crippen LogP) is 5.73. The van der Waals surface area contributed by atoms with E-state index in [4.69, 9.17) is 0 Å². The molecule has 1 unspecified atom stereocenters. The Morgan fingerprint density at radius 3 is 2.48 bits per heavy atom. The summed E-state index contributed by atoms with van der Waals surface area (Å²) in [6.45, 7) is 2.19. The molecule has 0 radical (unpaired) electrons. The number of aromatic nitrogens is 2. The van der Waals surface area contributed by atoms with Gasteiger partial charge in [-0.05, 0) is 70.4 Å². The van der Waals surface area contributed by atoms with Gasteiger partial charge >= 0.3 is 5.97 Å². The molecule has 0 amide bonds. The fourth-order valence-electron chi connectivity index (χ4n) is 4.73. The second-order valence-electron chi connectivity index (χ2n) is 8.17. The molecule has 5 rings (SSSR count). The van der Waals surface area contributed by atoms with Crippen LogP contribution in [-0.4, -0.2) is 21.3 Å². The lowest BCUT2D eigenvalue weighted by Crippen LogP contribution is -2.12. The zero-order valence-electron chi connectivity index (χ0n) is 17.4. The van der Waals surface area contributed by atoms with E-state index in [2.05, 4.69) is 77.8 Å². The van der Waals surface area contributed by atoms with E-state index in [9.17, 15) is 9.90 Å². The maximum atomic E-state index is 11.5. The van der Waals surface area contributed by atoms with E-state index >= 15 is 0 Å². The second-order valence-corrected chi connectivity index (χ2v) is 8.17. The van der Waals surface area contributed by atoms with Gasteiger partial charge in [0.15, 0.2) is 0 Å². The van der Waals surface area contributed by atoms with Crippen molar-refractivity contribution in [3.05, 3.63) is 101 Å². The summed E-state index contributed by atoms with van der Waals surface area (Å²) in [5.41, 5.74) is 9.26. The number of nitrogens with one attached hydrogen (secondary N) is 1. The highest BCUT2D eigenvalue weighted by molar-refractivity contribution is 6.00. The first-order valence-electron chi connectivity index (χ1n) is 10.7. The van der Waals surface area contributed by atoms with Crippen molar-refractivity contribution in [2.24, 2.45) is 5.92 Å². The molecule has 0 fully saturated rings. The standard InChI is InChI=1S/C27H24N2O2/c1-2-24(17-6-4-3-5-7-17)26(20-10-11-25-23(14-20)16-28-29-25)19-9-8-18-12-22(27(30)31)15-21(18)13-19/h3-11,13-14,16,22H,2,12,15H2,1H3,(H,28,29)(H,30,31)/b26-24+. The molecule has 4 heteroatoms. The quantitative estimate of drug-likeness (QED) is 0.414. The van der Waals surface area contributed by atoms with Crippen LogP contribution in [-0.2, 0) is 17.6 Å². The van der Waals surface area contributed by atoms with E-state index in [-0.39, 0.29) is 5.92 Å². The smallest absolute Gasteiger partial charge is 0.307 e. The lowest BCUT2D eigenvalue weighted by molar-refractivity contribution is -0.141. The monoisotopic (exact) mass is 408 g/mol. The Morgan fingerprint density at radius 1 is 0.968 bits per heavy atom. The summed E-state index contributed by atoms with van der Waals surface area (Å²) in [4.78, 5) is 11.5. The Bertz CT molecular complexity index is 1300. The zero-order valence-corrected chi connectivity index (χ0v) is 17.4. The average Bonchev–Trinajstić information content (AvgIpc) is 3.44. The molecule has 154 valence electrons. The molecule has 0 saturated heterocycles. The highest BCUT2D eigenvalue weighted by Crippen LogP contribution is 2.38. The van der Waals surface area contributed by atoms with Gasteiger partial charge in [0.05, 0.1) is 17.6 Å². The fraction of sp³-hybridized carbons (Fsp3) is 0.185. The average molecular weight is 409 g/mol. The van der Waals surface area contributed by atoms with Gasteiger partial charge in [-0.1, -0.05) is 61.5 Å². The topological polar surface area (TPSA) is 66.0 Å². The number of nitrogens with zero attached hydrogens (tertiary/aromatic N) is 1. The molecular formula is C27H24N2O2. The van der Waals surface area contributed by atoms with E-state index < -0.39 is 5.97 Å². The third-order valence-corrected chi connectivity index (χ3v) is 6.28. The van der Waals surface area contributed by atoms with Gasteiger partial charge in [-0.2, -0.15) is 5.10 Å². The molecular weight excluding hydrogens is 384 g/mol. The number of carbonyl (C=O) groups is 1. The number of carboxylic acid groups (broad SMARTS) is 1. The lowest BCUT2D eigenvalue weighted by atomic mass is 9.87. The molecule has 2 N–H and O–H groups in total. The predicted molar refractivity (Wildman–Crippen MR) is 124 cm³/mol. The summed E-state index contributed by atoms with van der Waals surface area (Å²) in [6.07, 6.45) is 3.95. The van der Waals surface area contributed by atoms with Crippen molar-refractivity contribution in [2.45, 2.75) is 26.2 Å². The molecule has 4 aromatic rings. The van der Waals surface area contributed by atoms with Crippen LogP contribution in [0.2, 0.25) is 0 Å². The van der Waals surface area contributed by atoms with Crippen LogP contribution in [0.25, 0.3) is 22.0 Å². The SMILES string of the molecule is CC/C(=C(/c1ccc2c(c1)CC(C(=O)O)C2)c1ccc2[nH]ncc2c1)c1ccccc1. The first-order chi connectivity index (χ1) is 15.1. The third-order valence-electron chi connectivity index (χ3n) is 6.28. The Labute approximate surface area is 181 Å². The molecule has 0 spiro atoms. The minimum absolute atomic E-state index is 0.320. The molecule has 1 heterocycles. The van der Waals surface area contributed by atoms with Crippen LogP contribution in [0.3, 0.4) is 0 Å². The van der Waals surface area contributed by atoms with Crippen molar-refractivity contribution >= 4 is 28.0 Å². The summed E-state index contributed by atoms with van der Waals surface area (Å²) in [7, 11) is 0. The van der Waals surface area contributed by atoms with Crippen LogP contribution in [0.5, 0.6) is 0 Å². The van der Waals surface area contributed by atoms with Gasteiger partial charge in [-0.3, -0.25) is 9.89 Å². The van der Waals surface area contributed by atoms with Crippen LogP contribution < -0.4 is 0 Å². The van der Waals surface area contributed by atoms with Crippen LogP contribution in [0.15, 0.2) is 72.9 Å². The number of benzene rings is 3. The van der Waals surface area contributed by atoms with Gasteiger partial charge in [0.2, 0.25) is 0 Å². The normalized spacial score (nSPS) is 16.2. The summed E-state index contributed by atoms with van der Waals surface area (Å²) in [5.74, 6) is -1.03. The molecule has 3 aromatic carbocycles. The molecule has 4 nitrogen and oxygen atoms in total. The Morgan fingerprint density at radius 2 is 1.71 bits per heavy atom. The largest absolute Gasteiger partial charge is 0.481 e. The van der Waals surface area contributed by atoms with Crippen LogP contribution >= 0.6 is 0 Å². The summed E-state index contributed by atoms with van der Waals surface area (Å²) in [5, 5.41) is 17.8. The number of hydrogen-bond acceptors (Lipinski definition) is 2. The van der Waals surface area contributed by atoms with Gasteiger partial charge in [0, 0.05) is 5.39 Å². The number of carboxylic acids is 1. The maximum absolute atomic E-state index is 11.5. The van der Waals surface area contributed by atoms with E-state index in [0.29, 0.717) is 12.8 Å². The van der Waals surface area contributed by atoms with Crippen molar-refractivity contribution in [3.8, 4) is 0 Å². The minimum atomic E-state index is -0.711. The highest BCUT2D eigenvalue weighted by Gasteiger charge is 2.27. The summed E-state index contributed by atoms with van der Waals surface area (Å²) >= 11 is 0. The third kappa shape index (κ3) is 3.55. The van der Waals surface area contributed by atoms with Crippen LogP contribution in [0, 0.1) is 5.92 Å². The molecule has 31 heavy (non-hydrogen) atoms. The van der Waals surface area contributed by atoms with E-state index in [1.807, 2.05) is 12.3 Å². The van der Waals surface area contributed by atoms with Gasteiger partial charge in [0.25, 0.3) is 0 Å². The molecule has 0 saturated carbocycles. The van der Waals surface area contributed by atoms with Crippen molar-refractivity contribution in [1.29, 1.82) is 0 Å². The molecule has 0 bridgehead atoms.